The third kappa shape index (κ3) is 3.32. The summed E-state index contributed by atoms with van der Waals surface area (Å²) in [6, 6.07) is 18.6. The van der Waals surface area contributed by atoms with Gasteiger partial charge in [0.05, 0.1) is 0 Å². The topological polar surface area (TPSA) is 27.6 Å². The number of aliphatic imine (C=N–C) groups is 1. The molecule has 0 amide bonds. The number of anilines is 1. The Balaban J connectivity index is 1.78. The van der Waals surface area contributed by atoms with E-state index in [1.54, 1.807) is 11.8 Å². The average Bonchev–Trinajstić information content (AvgIpc) is 2.89. The van der Waals surface area contributed by atoms with Crippen LogP contribution in [0, 0.1) is 0 Å². The highest BCUT2D eigenvalue weighted by Gasteiger charge is 2.37. The van der Waals surface area contributed by atoms with E-state index in [9.17, 15) is 0 Å². The molecule has 0 aliphatic carbocycles. The zero-order valence-electron chi connectivity index (χ0n) is 14.1. The number of hydrogen-bond donors (Lipinski definition) is 1. The molecule has 1 aliphatic rings. The first-order valence-corrected chi connectivity index (χ1v) is 9.25. The molecule has 0 saturated carbocycles. The largest absolute Gasteiger partial charge is 0.377 e. The number of thiocarbonyl (C=S) groups is 1. The fraction of sp³-hybridized carbons (Fsp3) is 0.263. The Morgan fingerprint density at radius 3 is 2.46 bits per heavy atom. The van der Waals surface area contributed by atoms with Gasteiger partial charge in [-0.15, -0.1) is 0 Å². The molecule has 1 unspecified atom stereocenters. The van der Waals surface area contributed by atoms with Crippen LogP contribution in [-0.2, 0) is 11.3 Å². The Morgan fingerprint density at radius 2 is 1.75 bits per heavy atom. The molecule has 2 aromatic carbocycles. The number of hydrogen-bond acceptors (Lipinski definition) is 4. The van der Waals surface area contributed by atoms with Crippen LogP contribution in [0.1, 0.15) is 18.1 Å². The van der Waals surface area contributed by atoms with Crippen LogP contribution in [0.25, 0.3) is 0 Å². The van der Waals surface area contributed by atoms with Gasteiger partial charge in [-0.05, 0) is 24.1 Å². The molecule has 5 heteroatoms. The highest BCUT2D eigenvalue weighted by molar-refractivity contribution is 8.13. The zero-order chi connectivity index (χ0) is 17.2. The van der Waals surface area contributed by atoms with Crippen molar-refractivity contribution in [2.75, 3.05) is 19.0 Å². The van der Waals surface area contributed by atoms with E-state index < -0.39 is 5.54 Å². The van der Waals surface area contributed by atoms with E-state index in [0.29, 0.717) is 0 Å². The van der Waals surface area contributed by atoms with Crippen LogP contribution in [0.15, 0.2) is 59.6 Å². The molecule has 0 fully saturated rings. The van der Waals surface area contributed by atoms with E-state index in [2.05, 4.69) is 67.6 Å². The molecule has 0 aromatic heterocycles. The lowest BCUT2D eigenvalue weighted by Crippen LogP contribution is -2.32. The van der Waals surface area contributed by atoms with Gasteiger partial charge in [-0.3, -0.25) is 0 Å². The first kappa shape index (κ1) is 17.0. The fourth-order valence-corrected chi connectivity index (χ4v) is 4.03. The van der Waals surface area contributed by atoms with E-state index in [0.717, 1.165) is 21.5 Å². The molecule has 3 rings (SSSR count). The van der Waals surface area contributed by atoms with Crippen molar-refractivity contribution < 1.29 is 0 Å². The van der Waals surface area contributed by atoms with Crippen LogP contribution in [0.5, 0.6) is 0 Å². The number of thioether (sulfide) groups is 1. The molecule has 0 radical (unpaired) electrons. The molecule has 1 N–H and O–H groups in total. The van der Waals surface area contributed by atoms with Crippen LogP contribution in [0.3, 0.4) is 0 Å². The maximum atomic E-state index is 5.56. The van der Waals surface area contributed by atoms with Gasteiger partial charge in [0, 0.05) is 25.5 Å². The second kappa shape index (κ2) is 6.95. The summed E-state index contributed by atoms with van der Waals surface area (Å²) in [6.45, 7) is 2.07. The zero-order valence-corrected chi connectivity index (χ0v) is 15.7. The fourth-order valence-electron chi connectivity index (χ4n) is 2.74. The predicted molar refractivity (Wildman–Crippen MR) is 109 cm³/mol. The second-order valence-electron chi connectivity index (χ2n) is 6.12. The Bertz CT molecular complexity index is 771. The third-order valence-corrected chi connectivity index (χ3v) is 5.58. The lowest BCUT2D eigenvalue weighted by atomic mass is 9.93. The molecule has 0 saturated heterocycles. The molecule has 124 valence electrons. The number of para-hydroxylation sites is 1. The second-order valence-corrected chi connectivity index (χ2v) is 7.49. The summed E-state index contributed by atoms with van der Waals surface area (Å²) < 4.78 is 0. The smallest absolute Gasteiger partial charge is 0.163 e. The van der Waals surface area contributed by atoms with Crippen molar-refractivity contribution in [3.63, 3.8) is 0 Å². The van der Waals surface area contributed by atoms with Crippen molar-refractivity contribution in [1.29, 1.82) is 0 Å². The summed E-state index contributed by atoms with van der Waals surface area (Å²) in [4.78, 5) is 7.77. The molecule has 24 heavy (non-hydrogen) atoms. The maximum absolute atomic E-state index is 5.56. The van der Waals surface area contributed by atoms with Crippen molar-refractivity contribution in [2.45, 2.75) is 18.2 Å². The Kier molecular flexibility index (Phi) is 4.92. The van der Waals surface area contributed by atoms with Gasteiger partial charge >= 0.3 is 0 Å². The van der Waals surface area contributed by atoms with Crippen LogP contribution in [0.2, 0.25) is 0 Å². The molecular weight excluding hydrogens is 334 g/mol. The molecule has 3 nitrogen and oxygen atoms in total. The van der Waals surface area contributed by atoms with Crippen LogP contribution < -0.4 is 10.2 Å². The van der Waals surface area contributed by atoms with Gasteiger partial charge in [-0.25, -0.2) is 4.99 Å². The quantitative estimate of drug-likeness (QED) is 0.833. The Labute approximate surface area is 153 Å². The standard InChI is InChI=1S/C19H21N3S2/c1-19(15-10-5-4-6-11-15)17(23)20-18(21-19)24-13-14-9-7-8-12-16(14)22(2)3/h4-12H,13H2,1-3H3,(H,20,21,23). The van der Waals surface area contributed by atoms with Crippen molar-refractivity contribution in [3.8, 4) is 0 Å². The average molecular weight is 356 g/mol. The van der Waals surface area contributed by atoms with E-state index in [-0.39, 0.29) is 0 Å². The lowest BCUT2D eigenvalue weighted by Gasteiger charge is -2.20. The molecule has 0 bridgehead atoms. The van der Waals surface area contributed by atoms with Gasteiger partial charge in [0.2, 0.25) is 0 Å². The molecule has 1 aliphatic heterocycles. The summed E-state index contributed by atoms with van der Waals surface area (Å²) in [5.41, 5.74) is 3.17. The SMILES string of the molecule is CN(C)c1ccccc1CSC1=NC(C)(c2ccccc2)C(=S)N1. The van der Waals surface area contributed by atoms with Crippen molar-refractivity contribution in [1.82, 2.24) is 5.32 Å². The maximum Gasteiger partial charge on any atom is 0.163 e. The number of amidine groups is 1. The van der Waals surface area contributed by atoms with Crippen molar-refractivity contribution in [2.24, 2.45) is 4.99 Å². The van der Waals surface area contributed by atoms with Gasteiger partial charge in [-0.2, -0.15) is 0 Å². The van der Waals surface area contributed by atoms with E-state index in [4.69, 9.17) is 17.2 Å². The van der Waals surface area contributed by atoms with E-state index in [1.807, 2.05) is 18.2 Å². The van der Waals surface area contributed by atoms with Gasteiger partial charge in [0.15, 0.2) is 5.17 Å². The molecular formula is C19H21N3S2. The first-order valence-electron chi connectivity index (χ1n) is 7.85. The van der Waals surface area contributed by atoms with Crippen molar-refractivity contribution in [3.05, 3.63) is 65.7 Å². The molecule has 2 aromatic rings. The normalized spacial score (nSPS) is 19.8. The molecule has 1 atom stereocenters. The monoisotopic (exact) mass is 355 g/mol. The number of nitrogens with zero attached hydrogens (tertiary/aromatic N) is 2. The van der Waals surface area contributed by atoms with Crippen LogP contribution in [-0.4, -0.2) is 24.3 Å². The van der Waals surface area contributed by atoms with Crippen LogP contribution >= 0.6 is 24.0 Å². The minimum absolute atomic E-state index is 0.472. The minimum Gasteiger partial charge on any atom is -0.377 e. The number of benzene rings is 2. The Morgan fingerprint density at radius 1 is 1.08 bits per heavy atom. The van der Waals surface area contributed by atoms with Gasteiger partial charge < -0.3 is 10.2 Å². The summed E-state index contributed by atoms with van der Waals surface area (Å²) in [7, 11) is 4.13. The van der Waals surface area contributed by atoms with E-state index >= 15 is 0 Å². The highest BCUT2D eigenvalue weighted by atomic mass is 32.2. The van der Waals surface area contributed by atoms with Gasteiger partial charge in [0.25, 0.3) is 0 Å². The van der Waals surface area contributed by atoms with Crippen LogP contribution in [0.4, 0.5) is 5.69 Å². The predicted octanol–water partition coefficient (Wildman–Crippen LogP) is 4.19. The summed E-state index contributed by atoms with van der Waals surface area (Å²) in [6.07, 6.45) is 0. The minimum atomic E-state index is -0.472. The Hall–Kier alpha value is -1.85. The van der Waals surface area contributed by atoms with E-state index in [1.165, 1.54) is 11.3 Å². The number of nitrogens with one attached hydrogen (secondary N) is 1. The third-order valence-electron chi connectivity index (χ3n) is 4.16. The number of rotatable bonds is 4. The highest BCUT2D eigenvalue weighted by Crippen LogP contribution is 2.33. The summed E-state index contributed by atoms with van der Waals surface area (Å²) in [5, 5.41) is 4.18. The lowest BCUT2D eigenvalue weighted by molar-refractivity contribution is 0.701. The molecule has 0 spiro atoms. The molecule has 1 heterocycles. The first-order chi connectivity index (χ1) is 11.5. The van der Waals surface area contributed by atoms with Gasteiger partial charge in [0.1, 0.15) is 10.5 Å². The summed E-state index contributed by atoms with van der Waals surface area (Å²) in [5.74, 6) is 0.855. The van der Waals surface area contributed by atoms with Crippen molar-refractivity contribution >= 4 is 39.8 Å². The summed E-state index contributed by atoms with van der Waals surface area (Å²) >= 11 is 7.26. The van der Waals surface area contributed by atoms with Gasteiger partial charge in [-0.1, -0.05) is 72.5 Å².